The van der Waals surface area contributed by atoms with Gasteiger partial charge in [0.15, 0.2) is 0 Å². The zero-order valence-electron chi connectivity index (χ0n) is 7.23. The van der Waals surface area contributed by atoms with Crippen LogP contribution in [0.25, 0.3) is 0 Å². The summed E-state index contributed by atoms with van der Waals surface area (Å²) in [5, 5.41) is 11.6. The lowest BCUT2D eigenvalue weighted by Crippen LogP contribution is -2.35. The molecule has 0 aliphatic heterocycles. The first kappa shape index (κ1) is 9.71. The fourth-order valence-corrected chi connectivity index (χ4v) is 1.81. The lowest BCUT2D eigenvalue weighted by atomic mass is 10.1. The zero-order chi connectivity index (χ0) is 8.97. The third kappa shape index (κ3) is 2.59. The molecule has 0 fully saturated rings. The smallest absolute Gasteiger partial charge is 0.0739 e. The van der Waals surface area contributed by atoms with Gasteiger partial charge in [0.1, 0.15) is 0 Å². The molecule has 0 bridgehead atoms. The van der Waals surface area contributed by atoms with Gasteiger partial charge in [0.05, 0.1) is 6.10 Å². The average molecular weight is 185 g/mol. The molecule has 1 heterocycles. The molecule has 0 aliphatic rings. The van der Waals surface area contributed by atoms with E-state index in [1.54, 1.807) is 11.3 Å². The molecule has 0 saturated carbocycles. The molecule has 0 radical (unpaired) electrons. The van der Waals surface area contributed by atoms with Crippen molar-refractivity contribution in [1.29, 1.82) is 0 Å². The molecular formula is C9H15NOS. The third-order valence-corrected chi connectivity index (χ3v) is 2.85. The van der Waals surface area contributed by atoms with Gasteiger partial charge in [0.2, 0.25) is 0 Å². The van der Waals surface area contributed by atoms with Crippen molar-refractivity contribution in [1.82, 2.24) is 0 Å². The Hall–Kier alpha value is -0.380. The molecule has 2 atom stereocenters. The van der Waals surface area contributed by atoms with E-state index in [0.29, 0.717) is 6.42 Å². The molecule has 0 aromatic carbocycles. The van der Waals surface area contributed by atoms with E-state index in [-0.39, 0.29) is 6.04 Å². The fourth-order valence-electron chi connectivity index (χ4n) is 1.06. The first-order valence-corrected chi connectivity index (χ1v) is 5.08. The molecule has 0 aliphatic carbocycles. The summed E-state index contributed by atoms with van der Waals surface area (Å²) in [5.74, 6) is 0. The highest BCUT2D eigenvalue weighted by atomic mass is 32.1. The van der Waals surface area contributed by atoms with Gasteiger partial charge >= 0.3 is 0 Å². The number of rotatable bonds is 4. The molecule has 0 saturated heterocycles. The van der Waals surface area contributed by atoms with Crippen molar-refractivity contribution in [2.24, 2.45) is 5.73 Å². The maximum Gasteiger partial charge on any atom is 0.0739 e. The van der Waals surface area contributed by atoms with Gasteiger partial charge in [-0.05, 0) is 17.9 Å². The van der Waals surface area contributed by atoms with Gasteiger partial charge in [-0.25, -0.2) is 0 Å². The van der Waals surface area contributed by atoms with Crippen LogP contribution in [0.4, 0.5) is 0 Å². The Bertz CT molecular complexity index is 210. The van der Waals surface area contributed by atoms with Gasteiger partial charge in [-0.2, -0.15) is 0 Å². The summed E-state index contributed by atoms with van der Waals surface area (Å²) in [4.78, 5) is 1.20. The van der Waals surface area contributed by atoms with Crippen molar-refractivity contribution in [3.63, 3.8) is 0 Å². The summed E-state index contributed by atoms with van der Waals surface area (Å²) >= 11 is 1.66. The number of thiophene rings is 1. The van der Waals surface area contributed by atoms with Crippen molar-refractivity contribution in [3.8, 4) is 0 Å². The van der Waals surface area contributed by atoms with Gasteiger partial charge in [-0.15, -0.1) is 11.3 Å². The Morgan fingerprint density at radius 3 is 2.92 bits per heavy atom. The van der Waals surface area contributed by atoms with E-state index < -0.39 is 6.10 Å². The molecule has 3 heteroatoms. The highest BCUT2D eigenvalue weighted by molar-refractivity contribution is 7.09. The Morgan fingerprint density at radius 1 is 1.67 bits per heavy atom. The van der Waals surface area contributed by atoms with Crippen LogP contribution in [0.15, 0.2) is 17.5 Å². The zero-order valence-corrected chi connectivity index (χ0v) is 8.05. The third-order valence-electron chi connectivity index (χ3n) is 1.96. The van der Waals surface area contributed by atoms with Crippen molar-refractivity contribution >= 4 is 11.3 Å². The van der Waals surface area contributed by atoms with Crippen molar-refractivity contribution < 1.29 is 5.11 Å². The van der Waals surface area contributed by atoms with Crippen LogP contribution in [0.2, 0.25) is 0 Å². The predicted octanol–water partition coefficient (Wildman–Crippen LogP) is 1.39. The monoisotopic (exact) mass is 185 g/mol. The van der Waals surface area contributed by atoms with E-state index >= 15 is 0 Å². The predicted molar refractivity (Wildman–Crippen MR) is 52.3 cm³/mol. The Kier molecular flexibility index (Phi) is 3.72. The van der Waals surface area contributed by atoms with Crippen molar-refractivity contribution in [2.75, 3.05) is 0 Å². The van der Waals surface area contributed by atoms with Gasteiger partial charge in [-0.3, -0.25) is 0 Å². The summed E-state index contributed by atoms with van der Waals surface area (Å²) in [6, 6.07) is 3.92. The SMILES string of the molecule is CCC(N)C(O)Cc1cccs1. The molecule has 0 amide bonds. The van der Waals surface area contributed by atoms with E-state index in [0.717, 1.165) is 6.42 Å². The van der Waals surface area contributed by atoms with Crippen LogP contribution in [-0.2, 0) is 6.42 Å². The number of hydrogen-bond donors (Lipinski definition) is 2. The molecular weight excluding hydrogens is 170 g/mol. The number of aliphatic hydroxyl groups excluding tert-OH is 1. The topological polar surface area (TPSA) is 46.2 Å². The highest BCUT2D eigenvalue weighted by Crippen LogP contribution is 2.12. The second kappa shape index (κ2) is 4.60. The Morgan fingerprint density at radius 2 is 2.42 bits per heavy atom. The van der Waals surface area contributed by atoms with Crippen molar-refractivity contribution in [2.45, 2.75) is 31.9 Å². The molecule has 1 aromatic heterocycles. The summed E-state index contributed by atoms with van der Waals surface area (Å²) in [5.41, 5.74) is 5.69. The molecule has 2 unspecified atom stereocenters. The minimum atomic E-state index is -0.395. The second-order valence-electron chi connectivity index (χ2n) is 2.92. The van der Waals surface area contributed by atoms with Crippen LogP contribution in [-0.4, -0.2) is 17.3 Å². The van der Waals surface area contributed by atoms with Crippen LogP contribution in [0.3, 0.4) is 0 Å². The lowest BCUT2D eigenvalue weighted by Gasteiger charge is -2.15. The number of nitrogens with two attached hydrogens (primary N) is 1. The van der Waals surface area contributed by atoms with Crippen LogP contribution >= 0.6 is 11.3 Å². The number of aliphatic hydroxyl groups is 1. The van der Waals surface area contributed by atoms with E-state index in [1.165, 1.54) is 4.88 Å². The standard InChI is InChI=1S/C9H15NOS/c1-2-8(10)9(11)6-7-4-3-5-12-7/h3-5,8-9,11H,2,6,10H2,1H3. The molecule has 1 rings (SSSR count). The number of hydrogen-bond acceptors (Lipinski definition) is 3. The fraction of sp³-hybridized carbons (Fsp3) is 0.556. The van der Waals surface area contributed by atoms with E-state index in [9.17, 15) is 5.11 Å². The van der Waals surface area contributed by atoms with Gasteiger partial charge in [0, 0.05) is 17.3 Å². The average Bonchev–Trinajstić information content (AvgIpc) is 2.55. The maximum absolute atomic E-state index is 9.57. The molecule has 0 spiro atoms. The molecule has 3 N–H and O–H groups in total. The summed E-state index contributed by atoms with van der Waals surface area (Å²) in [6.07, 6.45) is 1.12. The molecule has 2 nitrogen and oxygen atoms in total. The van der Waals surface area contributed by atoms with E-state index in [4.69, 9.17) is 5.73 Å². The van der Waals surface area contributed by atoms with Crippen LogP contribution < -0.4 is 5.73 Å². The molecule has 68 valence electrons. The maximum atomic E-state index is 9.57. The van der Waals surface area contributed by atoms with Gasteiger partial charge in [-0.1, -0.05) is 13.0 Å². The molecule has 12 heavy (non-hydrogen) atoms. The van der Waals surface area contributed by atoms with Crippen LogP contribution in [0.5, 0.6) is 0 Å². The summed E-state index contributed by atoms with van der Waals surface area (Å²) in [7, 11) is 0. The molecule has 1 aromatic rings. The lowest BCUT2D eigenvalue weighted by molar-refractivity contribution is 0.143. The minimum Gasteiger partial charge on any atom is -0.391 e. The second-order valence-corrected chi connectivity index (χ2v) is 3.96. The van der Waals surface area contributed by atoms with E-state index in [1.807, 2.05) is 24.4 Å². The van der Waals surface area contributed by atoms with Crippen molar-refractivity contribution in [3.05, 3.63) is 22.4 Å². The van der Waals surface area contributed by atoms with Gasteiger partial charge < -0.3 is 10.8 Å². The van der Waals surface area contributed by atoms with Gasteiger partial charge in [0.25, 0.3) is 0 Å². The van der Waals surface area contributed by atoms with Crippen LogP contribution in [0.1, 0.15) is 18.2 Å². The first-order chi connectivity index (χ1) is 5.74. The normalized spacial score (nSPS) is 15.9. The minimum absolute atomic E-state index is 0.0906. The Labute approximate surface area is 77.0 Å². The largest absolute Gasteiger partial charge is 0.391 e. The highest BCUT2D eigenvalue weighted by Gasteiger charge is 2.13. The summed E-state index contributed by atoms with van der Waals surface area (Å²) in [6.45, 7) is 1.99. The van der Waals surface area contributed by atoms with E-state index in [2.05, 4.69) is 0 Å². The van der Waals surface area contributed by atoms with Crippen LogP contribution in [0, 0.1) is 0 Å². The quantitative estimate of drug-likeness (QED) is 0.744. The Balaban J connectivity index is 2.41. The summed E-state index contributed by atoms with van der Waals surface area (Å²) < 4.78 is 0. The first-order valence-electron chi connectivity index (χ1n) is 4.20.